The van der Waals surface area contributed by atoms with Crippen molar-refractivity contribution in [3.63, 3.8) is 0 Å². The molecule has 318 valence electrons. The number of hydrogen-bond acceptors (Lipinski definition) is 3. The second kappa shape index (κ2) is 16.4. The van der Waals surface area contributed by atoms with Crippen LogP contribution in [0, 0.1) is 0 Å². The normalized spacial score (nSPS) is 11.5. The van der Waals surface area contributed by atoms with Crippen LogP contribution in [0.5, 0.6) is 0 Å². The Morgan fingerprint density at radius 2 is 0.603 bits per heavy atom. The summed E-state index contributed by atoms with van der Waals surface area (Å²) in [7, 11) is 0. The van der Waals surface area contributed by atoms with Gasteiger partial charge in [-0.1, -0.05) is 206 Å². The van der Waals surface area contributed by atoms with Crippen LogP contribution in [0.3, 0.4) is 0 Å². The maximum absolute atomic E-state index is 5.40. The van der Waals surface area contributed by atoms with Gasteiger partial charge < -0.3 is 4.57 Å². The number of rotatable bonds is 8. The molecule has 0 spiro atoms. The van der Waals surface area contributed by atoms with Crippen molar-refractivity contribution in [3.05, 3.63) is 249 Å². The van der Waals surface area contributed by atoms with Gasteiger partial charge in [-0.3, -0.25) is 4.57 Å². The summed E-state index contributed by atoms with van der Waals surface area (Å²) in [5.41, 5.74) is 16.5. The van der Waals surface area contributed by atoms with E-state index >= 15 is 0 Å². The molecule has 0 aliphatic heterocycles. The number of benzene rings is 10. The fourth-order valence-corrected chi connectivity index (χ4v) is 9.95. The molecule has 3 aromatic heterocycles. The largest absolute Gasteiger partial charge is 0.307 e. The average molecular weight is 868 g/mol. The van der Waals surface area contributed by atoms with Crippen LogP contribution in [0.4, 0.5) is 0 Å². The number of aromatic nitrogens is 5. The van der Waals surface area contributed by atoms with Gasteiger partial charge in [0.25, 0.3) is 0 Å². The maximum atomic E-state index is 5.40. The second-order valence-electron chi connectivity index (χ2n) is 17.2. The first-order chi connectivity index (χ1) is 33.7. The minimum atomic E-state index is 0.555. The van der Waals surface area contributed by atoms with Crippen molar-refractivity contribution >= 4 is 43.6 Å². The SMILES string of the molecule is c1ccc(-c2cccc(-c3cccc(-c4ccc(-n5c6ccccc6c6ccc7c8ccccc8n(-c8nc(-c9ccccc9)nc(-c9cccc(-c%10ccccc%10)c9)n8)c7c65)cc4)c3)c2)cc1. The van der Waals surface area contributed by atoms with E-state index in [1.54, 1.807) is 0 Å². The van der Waals surface area contributed by atoms with Crippen molar-refractivity contribution in [2.75, 3.05) is 0 Å². The van der Waals surface area contributed by atoms with Crippen molar-refractivity contribution < 1.29 is 0 Å². The minimum absolute atomic E-state index is 0.555. The third-order valence-electron chi connectivity index (χ3n) is 13.2. The molecule has 13 rings (SSSR count). The van der Waals surface area contributed by atoms with Crippen molar-refractivity contribution in [2.45, 2.75) is 0 Å². The predicted octanol–water partition coefficient (Wildman–Crippen LogP) is 16.1. The van der Waals surface area contributed by atoms with E-state index in [2.05, 4.69) is 234 Å². The highest BCUT2D eigenvalue weighted by Crippen LogP contribution is 2.42. The summed E-state index contributed by atoms with van der Waals surface area (Å²) in [6.45, 7) is 0. The fourth-order valence-electron chi connectivity index (χ4n) is 9.95. The van der Waals surface area contributed by atoms with Gasteiger partial charge in [-0.25, -0.2) is 4.98 Å². The zero-order chi connectivity index (χ0) is 45.0. The monoisotopic (exact) mass is 867 g/mol. The molecule has 5 heteroatoms. The topological polar surface area (TPSA) is 48.5 Å². The molecule has 0 unspecified atom stereocenters. The Labute approximate surface area is 393 Å². The van der Waals surface area contributed by atoms with E-state index in [1.165, 1.54) is 27.6 Å². The van der Waals surface area contributed by atoms with Gasteiger partial charge in [0, 0.05) is 38.4 Å². The number of nitrogens with zero attached hydrogens (tertiary/aromatic N) is 5. The molecule has 13 aromatic rings. The third-order valence-corrected chi connectivity index (χ3v) is 13.2. The smallest absolute Gasteiger partial charge is 0.238 e. The Kier molecular flexibility index (Phi) is 9.43. The van der Waals surface area contributed by atoms with Crippen LogP contribution in [-0.4, -0.2) is 24.1 Å². The van der Waals surface area contributed by atoms with Crippen LogP contribution >= 0.6 is 0 Å². The Balaban J connectivity index is 0.999. The molecule has 0 amide bonds. The molecule has 3 heterocycles. The van der Waals surface area contributed by atoms with Crippen molar-refractivity contribution in [1.82, 2.24) is 24.1 Å². The number of hydrogen-bond donors (Lipinski definition) is 0. The lowest BCUT2D eigenvalue weighted by atomic mass is 9.96. The highest BCUT2D eigenvalue weighted by atomic mass is 15.2. The first-order valence-corrected chi connectivity index (χ1v) is 23.0. The Morgan fingerprint density at radius 1 is 0.235 bits per heavy atom. The summed E-state index contributed by atoms with van der Waals surface area (Å²) in [5, 5.41) is 4.57. The van der Waals surface area contributed by atoms with Gasteiger partial charge >= 0.3 is 0 Å². The standard InChI is InChI=1S/C63H41N5/c1-4-17-42(18-5-1)46-23-14-26-49(39-46)50-27-15-24-47(40-50)44-33-35-52(36-34-44)67-57-31-12-10-29-53(57)55-37-38-56-54-30-11-13-32-58(54)68(60(56)59(55)67)63-65-61(45-21-8-3-9-22-45)64-62(66-63)51-28-16-25-48(41-51)43-19-6-2-7-20-43/h1-41H. The lowest BCUT2D eigenvalue weighted by Gasteiger charge is -2.14. The molecule has 0 N–H and O–H groups in total. The van der Waals surface area contributed by atoms with Crippen LogP contribution in [0.2, 0.25) is 0 Å². The van der Waals surface area contributed by atoms with Gasteiger partial charge in [0.1, 0.15) is 0 Å². The molecule has 0 fully saturated rings. The summed E-state index contributed by atoms with van der Waals surface area (Å²) in [5.74, 6) is 1.77. The van der Waals surface area contributed by atoms with Gasteiger partial charge in [-0.15, -0.1) is 0 Å². The second-order valence-corrected chi connectivity index (χ2v) is 17.2. The molecule has 5 nitrogen and oxygen atoms in total. The third kappa shape index (κ3) is 6.76. The average Bonchev–Trinajstić information content (AvgIpc) is 3.95. The molecule has 0 radical (unpaired) electrons. The van der Waals surface area contributed by atoms with Crippen molar-refractivity contribution in [1.29, 1.82) is 0 Å². The summed E-state index contributed by atoms with van der Waals surface area (Å²) in [6, 6.07) is 88.2. The summed E-state index contributed by atoms with van der Waals surface area (Å²) in [6.07, 6.45) is 0. The molecule has 0 saturated heterocycles. The predicted molar refractivity (Wildman–Crippen MR) is 281 cm³/mol. The van der Waals surface area contributed by atoms with E-state index < -0.39 is 0 Å². The van der Waals surface area contributed by atoms with Crippen LogP contribution in [-0.2, 0) is 0 Å². The van der Waals surface area contributed by atoms with E-state index in [4.69, 9.17) is 15.0 Å². The number of para-hydroxylation sites is 2. The van der Waals surface area contributed by atoms with E-state index in [0.29, 0.717) is 17.6 Å². The first-order valence-electron chi connectivity index (χ1n) is 23.0. The Bertz CT molecular complexity index is 4000. The van der Waals surface area contributed by atoms with Gasteiger partial charge in [0.15, 0.2) is 11.6 Å². The molecule has 0 aliphatic rings. The summed E-state index contributed by atoms with van der Waals surface area (Å²) in [4.78, 5) is 15.9. The quantitative estimate of drug-likeness (QED) is 0.153. The Hall–Kier alpha value is -9.19. The molecule has 0 saturated carbocycles. The first kappa shape index (κ1) is 39.2. The maximum Gasteiger partial charge on any atom is 0.238 e. The number of fused-ring (bicyclic) bond motifs is 7. The molecule has 0 atom stereocenters. The zero-order valence-electron chi connectivity index (χ0n) is 36.9. The zero-order valence-corrected chi connectivity index (χ0v) is 36.9. The molecule has 0 bridgehead atoms. The highest BCUT2D eigenvalue weighted by Gasteiger charge is 2.24. The van der Waals surface area contributed by atoms with Crippen molar-refractivity contribution in [3.8, 4) is 78.9 Å². The van der Waals surface area contributed by atoms with Crippen LogP contribution in [0.1, 0.15) is 0 Å². The van der Waals surface area contributed by atoms with Crippen LogP contribution in [0.25, 0.3) is 123 Å². The van der Waals surface area contributed by atoms with Crippen LogP contribution < -0.4 is 0 Å². The van der Waals surface area contributed by atoms with Gasteiger partial charge in [0.05, 0.1) is 22.1 Å². The van der Waals surface area contributed by atoms with E-state index in [1.807, 2.05) is 24.3 Å². The molecule has 10 aromatic carbocycles. The van der Waals surface area contributed by atoms with Gasteiger partial charge in [-0.2, -0.15) is 9.97 Å². The molecular weight excluding hydrogens is 827 g/mol. The van der Waals surface area contributed by atoms with Crippen LogP contribution in [0.15, 0.2) is 249 Å². The van der Waals surface area contributed by atoms with Gasteiger partial charge in [-0.05, 0) is 87.0 Å². The summed E-state index contributed by atoms with van der Waals surface area (Å²) < 4.78 is 4.68. The minimum Gasteiger partial charge on any atom is -0.307 e. The Morgan fingerprint density at radius 3 is 1.13 bits per heavy atom. The highest BCUT2D eigenvalue weighted by molar-refractivity contribution is 6.23. The van der Waals surface area contributed by atoms with Gasteiger partial charge in [0.2, 0.25) is 5.95 Å². The van der Waals surface area contributed by atoms with E-state index in [9.17, 15) is 0 Å². The summed E-state index contributed by atoms with van der Waals surface area (Å²) >= 11 is 0. The molecule has 68 heavy (non-hydrogen) atoms. The molecule has 0 aliphatic carbocycles. The lowest BCUT2D eigenvalue weighted by Crippen LogP contribution is -2.07. The van der Waals surface area contributed by atoms with Crippen molar-refractivity contribution in [2.24, 2.45) is 0 Å². The van der Waals surface area contributed by atoms with E-state index in [-0.39, 0.29) is 0 Å². The fraction of sp³-hybridized carbons (Fsp3) is 0. The molecular formula is C63H41N5. The lowest BCUT2D eigenvalue weighted by molar-refractivity contribution is 0.953. The van der Waals surface area contributed by atoms with E-state index in [0.717, 1.165) is 77.3 Å².